The van der Waals surface area contributed by atoms with Crippen LogP contribution in [0.25, 0.3) is 0 Å². The van der Waals surface area contributed by atoms with E-state index in [2.05, 4.69) is 10.1 Å². The Bertz CT molecular complexity index is 1210. The third-order valence-electron chi connectivity index (χ3n) is 6.23. The molecule has 2 aliphatic rings. The Kier molecular flexibility index (Phi) is 5.81. The summed E-state index contributed by atoms with van der Waals surface area (Å²) in [5, 5.41) is 4.02. The first-order chi connectivity index (χ1) is 16.4. The maximum atomic E-state index is 13.5. The minimum atomic E-state index is -0.994. The average Bonchev–Trinajstić information content (AvgIpc) is 3.55. The first kappa shape index (κ1) is 22.5. The Morgan fingerprint density at radius 3 is 2.21 bits per heavy atom. The number of benzene rings is 2. The number of hydrogen-bond acceptors (Lipinski definition) is 8. The summed E-state index contributed by atoms with van der Waals surface area (Å²) >= 11 is 1.46. The lowest BCUT2D eigenvalue weighted by atomic mass is 9.92. The van der Waals surface area contributed by atoms with E-state index in [1.54, 1.807) is 21.1 Å². The van der Waals surface area contributed by atoms with Gasteiger partial charge in [0.05, 0.1) is 26.7 Å². The lowest BCUT2D eigenvalue weighted by Gasteiger charge is -2.34. The number of ether oxygens (including phenoxy) is 2. The van der Waals surface area contributed by atoms with Crippen LogP contribution in [-0.2, 0) is 14.3 Å². The Labute approximate surface area is 201 Å². The van der Waals surface area contributed by atoms with Crippen molar-refractivity contribution >= 4 is 23.6 Å². The highest BCUT2D eigenvalue weighted by molar-refractivity contribution is 8.00. The van der Waals surface area contributed by atoms with Gasteiger partial charge in [0.2, 0.25) is 17.7 Å². The molecule has 1 aliphatic heterocycles. The fraction of sp³-hybridized carbons (Fsp3) is 0.360. The number of amides is 2. The number of carbonyl (C=O) groups is 2. The van der Waals surface area contributed by atoms with Crippen molar-refractivity contribution in [1.29, 1.82) is 0 Å². The Morgan fingerprint density at radius 1 is 1.06 bits per heavy atom. The number of thioether (sulfide) groups is 1. The molecule has 0 radical (unpaired) electrons. The van der Waals surface area contributed by atoms with Gasteiger partial charge in [-0.1, -0.05) is 17.3 Å². The Hall–Kier alpha value is -3.33. The molecule has 5 rings (SSSR count). The van der Waals surface area contributed by atoms with E-state index in [-0.39, 0.29) is 24.2 Å². The summed E-state index contributed by atoms with van der Waals surface area (Å²) in [5.74, 6) is 1.72. The predicted octanol–water partition coefficient (Wildman–Crippen LogP) is 4.29. The highest BCUT2D eigenvalue weighted by Gasteiger charge is 2.60. The molecule has 2 amide bonds. The number of aryl methyl sites for hydroxylation is 1. The zero-order chi connectivity index (χ0) is 23.9. The highest BCUT2D eigenvalue weighted by Crippen LogP contribution is 2.59. The summed E-state index contributed by atoms with van der Waals surface area (Å²) in [6.45, 7) is 1.74. The molecule has 1 saturated carbocycles. The van der Waals surface area contributed by atoms with Gasteiger partial charge in [-0.2, -0.15) is 4.98 Å². The molecule has 2 heterocycles. The number of rotatable bonds is 7. The van der Waals surface area contributed by atoms with Crippen molar-refractivity contribution in [1.82, 2.24) is 15.0 Å². The fourth-order valence-corrected chi connectivity index (χ4v) is 5.80. The zero-order valence-corrected chi connectivity index (χ0v) is 20.0. The minimum Gasteiger partial charge on any atom is -0.497 e. The standard InChI is InChI=1S/C25H25N3O5S/c1-15-26-24(33-27-15)25(34-20-12-10-19(32-3)11-13-20)14-21(29)28(23(30)17-4-5-17)22(25)16-6-8-18(31-2)9-7-16/h6-13,17,22H,4-5,14H2,1-3H3/t22-,25-/m1/s1. The topological polar surface area (TPSA) is 94.8 Å². The SMILES string of the molecule is COc1ccc(S[C@]2(c3nc(C)no3)CC(=O)N(C(=O)C3CC3)[C@@H]2c2ccc(OC)cc2)cc1. The van der Waals surface area contributed by atoms with Crippen LogP contribution in [0.2, 0.25) is 0 Å². The molecule has 3 aromatic rings. The first-order valence-corrected chi connectivity index (χ1v) is 11.9. The van der Waals surface area contributed by atoms with E-state index in [1.165, 1.54) is 16.7 Å². The normalized spacial score (nSPS) is 22.1. The van der Waals surface area contributed by atoms with E-state index in [4.69, 9.17) is 14.0 Å². The number of hydrogen-bond donors (Lipinski definition) is 0. The molecule has 0 bridgehead atoms. The van der Waals surface area contributed by atoms with Crippen molar-refractivity contribution in [2.45, 2.75) is 41.9 Å². The lowest BCUT2D eigenvalue weighted by molar-refractivity contribution is -0.145. The van der Waals surface area contributed by atoms with E-state index in [0.717, 1.165) is 29.1 Å². The van der Waals surface area contributed by atoms with Gasteiger partial charge in [0.25, 0.3) is 0 Å². The van der Waals surface area contributed by atoms with Gasteiger partial charge in [-0.25, -0.2) is 0 Å². The van der Waals surface area contributed by atoms with Crippen molar-refractivity contribution < 1.29 is 23.6 Å². The number of carbonyl (C=O) groups excluding carboxylic acids is 2. The van der Waals surface area contributed by atoms with Gasteiger partial charge in [-0.15, -0.1) is 11.8 Å². The molecule has 0 spiro atoms. The van der Waals surface area contributed by atoms with E-state index < -0.39 is 10.8 Å². The van der Waals surface area contributed by atoms with Gasteiger partial charge in [-0.05, 0) is 61.7 Å². The second-order valence-corrected chi connectivity index (χ2v) is 9.95. The smallest absolute Gasteiger partial charge is 0.246 e. The molecule has 0 unspecified atom stereocenters. The second kappa shape index (κ2) is 8.79. The van der Waals surface area contributed by atoms with Crippen molar-refractivity contribution in [3.63, 3.8) is 0 Å². The molecule has 1 aliphatic carbocycles. The maximum Gasteiger partial charge on any atom is 0.246 e. The number of aromatic nitrogens is 2. The van der Waals surface area contributed by atoms with E-state index >= 15 is 0 Å². The summed E-state index contributed by atoms with van der Waals surface area (Å²) in [5.41, 5.74) is 0.803. The van der Waals surface area contributed by atoms with Crippen LogP contribution in [-0.4, -0.2) is 41.1 Å². The first-order valence-electron chi connectivity index (χ1n) is 11.1. The van der Waals surface area contributed by atoms with E-state index in [1.807, 2.05) is 48.5 Å². The van der Waals surface area contributed by atoms with Crippen molar-refractivity contribution in [3.05, 3.63) is 65.8 Å². The molecule has 9 heteroatoms. The predicted molar refractivity (Wildman–Crippen MR) is 124 cm³/mol. The molecule has 2 atom stereocenters. The van der Waals surface area contributed by atoms with Gasteiger partial charge >= 0.3 is 0 Å². The minimum absolute atomic E-state index is 0.0560. The van der Waals surface area contributed by atoms with Crippen LogP contribution in [0.1, 0.15) is 42.6 Å². The van der Waals surface area contributed by atoms with Crippen LogP contribution in [0.4, 0.5) is 0 Å². The van der Waals surface area contributed by atoms with E-state index in [0.29, 0.717) is 17.5 Å². The van der Waals surface area contributed by atoms with Gasteiger partial charge in [0.15, 0.2) is 5.82 Å². The quantitative estimate of drug-likeness (QED) is 0.463. The second-order valence-electron chi connectivity index (χ2n) is 8.54. The summed E-state index contributed by atoms with van der Waals surface area (Å²) in [7, 11) is 3.21. The summed E-state index contributed by atoms with van der Waals surface area (Å²) < 4.78 is 15.3. The van der Waals surface area contributed by atoms with Crippen LogP contribution >= 0.6 is 11.8 Å². The van der Waals surface area contributed by atoms with Crippen LogP contribution in [0.3, 0.4) is 0 Å². The molecule has 1 aromatic heterocycles. The molecular formula is C25H25N3O5S. The van der Waals surface area contributed by atoms with Crippen LogP contribution < -0.4 is 9.47 Å². The number of imide groups is 1. The van der Waals surface area contributed by atoms with Gasteiger partial charge < -0.3 is 14.0 Å². The number of nitrogens with zero attached hydrogens (tertiary/aromatic N) is 3. The summed E-state index contributed by atoms with van der Waals surface area (Å²) in [4.78, 5) is 33.7. The largest absolute Gasteiger partial charge is 0.497 e. The van der Waals surface area contributed by atoms with Gasteiger partial charge in [0, 0.05) is 10.8 Å². The highest BCUT2D eigenvalue weighted by atomic mass is 32.2. The number of likely N-dealkylation sites (tertiary alicyclic amines) is 1. The summed E-state index contributed by atoms with van der Waals surface area (Å²) in [6.07, 6.45) is 1.66. The molecule has 2 fully saturated rings. The van der Waals surface area contributed by atoms with Crippen molar-refractivity contribution in [2.75, 3.05) is 14.2 Å². The van der Waals surface area contributed by atoms with Crippen LogP contribution in [0, 0.1) is 12.8 Å². The summed E-state index contributed by atoms with van der Waals surface area (Å²) in [6, 6.07) is 14.4. The average molecular weight is 480 g/mol. The van der Waals surface area contributed by atoms with Crippen LogP contribution in [0.15, 0.2) is 57.9 Å². The lowest BCUT2D eigenvalue weighted by Crippen LogP contribution is -2.39. The Morgan fingerprint density at radius 2 is 1.68 bits per heavy atom. The van der Waals surface area contributed by atoms with Gasteiger partial charge in [0.1, 0.15) is 16.2 Å². The maximum absolute atomic E-state index is 13.5. The molecule has 34 heavy (non-hydrogen) atoms. The van der Waals surface area contributed by atoms with Crippen molar-refractivity contribution in [2.24, 2.45) is 5.92 Å². The van der Waals surface area contributed by atoms with Gasteiger partial charge in [-0.3, -0.25) is 14.5 Å². The zero-order valence-electron chi connectivity index (χ0n) is 19.2. The van der Waals surface area contributed by atoms with Crippen LogP contribution in [0.5, 0.6) is 11.5 Å². The third-order valence-corrected chi connectivity index (χ3v) is 7.64. The third kappa shape index (κ3) is 3.94. The monoisotopic (exact) mass is 479 g/mol. The fourth-order valence-electron chi connectivity index (χ4n) is 4.39. The molecule has 2 aromatic carbocycles. The van der Waals surface area contributed by atoms with Crippen molar-refractivity contribution in [3.8, 4) is 11.5 Å². The molecule has 0 N–H and O–H groups in total. The molecule has 8 nitrogen and oxygen atoms in total. The molecular weight excluding hydrogens is 454 g/mol. The Balaban J connectivity index is 1.67. The molecule has 1 saturated heterocycles. The number of methoxy groups -OCH3 is 2. The molecule has 176 valence electrons. The van der Waals surface area contributed by atoms with E-state index in [9.17, 15) is 9.59 Å².